The van der Waals surface area contributed by atoms with Crippen molar-refractivity contribution in [2.75, 3.05) is 11.9 Å². The second-order valence-corrected chi connectivity index (χ2v) is 5.58. The number of carbonyl (C=O) groups is 1. The number of amides is 1. The monoisotopic (exact) mass is 306 g/mol. The Hall–Kier alpha value is -1.99. The predicted molar refractivity (Wildman–Crippen MR) is 82.8 cm³/mol. The summed E-state index contributed by atoms with van der Waals surface area (Å²) in [4.78, 5) is 20.6. The maximum atomic E-state index is 12.2. The largest absolute Gasteiger partial charge is 0.473 e. The fourth-order valence-electron chi connectivity index (χ4n) is 1.64. The molecule has 0 fully saturated rings. The highest BCUT2D eigenvalue weighted by atomic mass is 32.1. The summed E-state index contributed by atoms with van der Waals surface area (Å²) in [7, 11) is 0. The minimum Gasteiger partial charge on any atom is -0.473 e. The van der Waals surface area contributed by atoms with Gasteiger partial charge in [0.05, 0.1) is 11.1 Å². The number of ether oxygens (including phenoxy) is 1. The molecule has 7 heteroatoms. The van der Waals surface area contributed by atoms with Crippen molar-refractivity contribution in [1.29, 1.82) is 0 Å². The molecule has 0 radical (unpaired) electrons. The van der Waals surface area contributed by atoms with Crippen LogP contribution < -0.4 is 15.8 Å². The summed E-state index contributed by atoms with van der Waals surface area (Å²) in [6.07, 6.45) is 2.27. The molecule has 2 aromatic rings. The number of pyridine rings is 1. The van der Waals surface area contributed by atoms with Crippen LogP contribution >= 0.6 is 11.3 Å². The first-order chi connectivity index (χ1) is 10.1. The first-order valence-electron chi connectivity index (χ1n) is 6.67. The van der Waals surface area contributed by atoms with Gasteiger partial charge >= 0.3 is 0 Å². The Morgan fingerprint density at radius 3 is 3.05 bits per heavy atom. The van der Waals surface area contributed by atoms with Crippen molar-refractivity contribution in [2.24, 2.45) is 5.73 Å². The molecule has 6 nitrogen and oxygen atoms in total. The number of thiazole rings is 1. The van der Waals surface area contributed by atoms with Gasteiger partial charge in [0.15, 0.2) is 0 Å². The Bertz CT molecular complexity index is 613. The SMILES string of the molecule is CC(C)Oc1ncccc1NC(=O)c1csc(CCN)n1. The molecule has 2 aromatic heterocycles. The molecule has 0 bridgehead atoms. The summed E-state index contributed by atoms with van der Waals surface area (Å²) in [5, 5.41) is 5.35. The van der Waals surface area contributed by atoms with Gasteiger partial charge in [0.25, 0.3) is 5.91 Å². The molecule has 0 atom stereocenters. The van der Waals surface area contributed by atoms with E-state index < -0.39 is 0 Å². The van der Waals surface area contributed by atoms with E-state index in [-0.39, 0.29) is 12.0 Å². The van der Waals surface area contributed by atoms with E-state index in [4.69, 9.17) is 10.5 Å². The minimum absolute atomic E-state index is 0.0222. The van der Waals surface area contributed by atoms with E-state index >= 15 is 0 Å². The third-order valence-electron chi connectivity index (χ3n) is 2.51. The van der Waals surface area contributed by atoms with E-state index in [9.17, 15) is 4.79 Å². The molecular weight excluding hydrogens is 288 g/mol. The quantitative estimate of drug-likeness (QED) is 0.852. The number of hydrogen-bond acceptors (Lipinski definition) is 6. The van der Waals surface area contributed by atoms with Crippen LogP contribution in [0.2, 0.25) is 0 Å². The van der Waals surface area contributed by atoms with Gasteiger partial charge in [-0.2, -0.15) is 0 Å². The zero-order chi connectivity index (χ0) is 15.2. The van der Waals surface area contributed by atoms with Crippen molar-refractivity contribution in [2.45, 2.75) is 26.4 Å². The fraction of sp³-hybridized carbons (Fsp3) is 0.357. The number of anilines is 1. The molecular formula is C14H18N4O2S. The Morgan fingerprint density at radius 2 is 2.33 bits per heavy atom. The van der Waals surface area contributed by atoms with Gasteiger partial charge in [0, 0.05) is 18.0 Å². The zero-order valence-electron chi connectivity index (χ0n) is 12.0. The van der Waals surface area contributed by atoms with Crippen molar-refractivity contribution in [3.05, 3.63) is 34.4 Å². The molecule has 0 aliphatic carbocycles. The molecule has 0 unspecified atom stereocenters. The van der Waals surface area contributed by atoms with Gasteiger partial charge in [-0.05, 0) is 32.5 Å². The standard InChI is InChI=1S/C14H18N4O2S/c1-9(2)20-14-10(4-3-7-16-14)18-13(19)11-8-21-12(17-11)5-6-15/h3-4,7-9H,5-6,15H2,1-2H3,(H,18,19). The van der Waals surface area contributed by atoms with Crippen LogP contribution in [0.25, 0.3) is 0 Å². The van der Waals surface area contributed by atoms with Gasteiger partial charge in [-0.15, -0.1) is 11.3 Å². The molecule has 0 saturated heterocycles. The number of nitrogens with two attached hydrogens (primary N) is 1. The van der Waals surface area contributed by atoms with Gasteiger partial charge < -0.3 is 15.8 Å². The van der Waals surface area contributed by atoms with Crippen LogP contribution in [0.5, 0.6) is 5.88 Å². The van der Waals surface area contributed by atoms with Gasteiger partial charge in [-0.3, -0.25) is 4.79 Å². The maximum Gasteiger partial charge on any atom is 0.275 e. The smallest absolute Gasteiger partial charge is 0.275 e. The van der Waals surface area contributed by atoms with E-state index in [0.717, 1.165) is 5.01 Å². The van der Waals surface area contributed by atoms with Crippen molar-refractivity contribution in [3.63, 3.8) is 0 Å². The average Bonchev–Trinajstić information content (AvgIpc) is 2.89. The van der Waals surface area contributed by atoms with Crippen LogP contribution in [0.15, 0.2) is 23.7 Å². The van der Waals surface area contributed by atoms with Crippen LogP contribution in [0, 0.1) is 0 Å². The summed E-state index contributed by atoms with van der Waals surface area (Å²) in [6, 6.07) is 3.49. The Labute approximate surface area is 127 Å². The van der Waals surface area contributed by atoms with Gasteiger partial charge in [-0.25, -0.2) is 9.97 Å². The second kappa shape index (κ2) is 7.14. The third kappa shape index (κ3) is 4.24. The van der Waals surface area contributed by atoms with Crippen molar-refractivity contribution in [3.8, 4) is 5.88 Å². The molecule has 112 valence electrons. The van der Waals surface area contributed by atoms with Crippen LogP contribution in [0.1, 0.15) is 29.3 Å². The Balaban J connectivity index is 2.11. The van der Waals surface area contributed by atoms with Crippen molar-refractivity contribution >= 4 is 22.9 Å². The maximum absolute atomic E-state index is 12.2. The molecule has 3 N–H and O–H groups in total. The highest BCUT2D eigenvalue weighted by Gasteiger charge is 2.14. The van der Waals surface area contributed by atoms with Gasteiger partial charge in [0.2, 0.25) is 5.88 Å². The Kier molecular flexibility index (Phi) is 5.24. The van der Waals surface area contributed by atoms with Crippen LogP contribution in [-0.2, 0) is 6.42 Å². The van der Waals surface area contributed by atoms with Gasteiger partial charge in [-0.1, -0.05) is 0 Å². The van der Waals surface area contributed by atoms with Gasteiger partial charge in [0.1, 0.15) is 11.4 Å². The summed E-state index contributed by atoms with van der Waals surface area (Å²) in [5.41, 5.74) is 6.39. The molecule has 0 aliphatic heterocycles. The van der Waals surface area contributed by atoms with Crippen molar-refractivity contribution in [1.82, 2.24) is 9.97 Å². The zero-order valence-corrected chi connectivity index (χ0v) is 12.8. The summed E-state index contributed by atoms with van der Waals surface area (Å²) in [6.45, 7) is 4.32. The van der Waals surface area contributed by atoms with E-state index in [1.54, 1.807) is 23.7 Å². The molecule has 2 rings (SSSR count). The number of hydrogen-bond donors (Lipinski definition) is 2. The lowest BCUT2D eigenvalue weighted by molar-refractivity contribution is 0.102. The van der Waals surface area contributed by atoms with E-state index in [2.05, 4.69) is 15.3 Å². The Morgan fingerprint density at radius 1 is 1.52 bits per heavy atom. The molecule has 21 heavy (non-hydrogen) atoms. The molecule has 1 amide bonds. The number of rotatable bonds is 6. The molecule has 0 aliphatic rings. The minimum atomic E-state index is -0.281. The fourth-order valence-corrected chi connectivity index (χ4v) is 2.44. The first-order valence-corrected chi connectivity index (χ1v) is 7.55. The second-order valence-electron chi connectivity index (χ2n) is 4.64. The lowest BCUT2D eigenvalue weighted by atomic mass is 10.3. The summed E-state index contributed by atoms with van der Waals surface area (Å²) in [5.74, 6) is 0.120. The van der Waals surface area contributed by atoms with E-state index in [1.807, 2.05) is 13.8 Å². The average molecular weight is 306 g/mol. The highest BCUT2D eigenvalue weighted by Crippen LogP contribution is 2.22. The number of nitrogens with zero attached hydrogens (tertiary/aromatic N) is 2. The molecule has 2 heterocycles. The van der Waals surface area contributed by atoms with E-state index in [1.165, 1.54) is 11.3 Å². The van der Waals surface area contributed by atoms with Crippen LogP contribution in [0.3, 0.4) is 0 Å². The van der Waals surface area contributed by atoms with Crippen LogP contribution in [0.4, 0.5) is 5.69 Å². The molecule has 0 aromatic carbocycles. The third-order valence-corrected chi connectivity index (χ3v) is 3.42. The number of nitrogens with one attached hydrogen (secondary N) is 1. The molecule has 0 saturated carbocycles. The number of carbonyl (C=O) groups excluding carboxylic acids is 1. The normalized spacial score (nSPS) is 10.7. The number of aromatic nitrogens is 2. The first kappa shape index (κ1) is 15.4. The van der Waals surface area contributed by atoms with E-state index in [0.29, 0.717) is 30.2 Å². The summed E-state index contributed by atoms with van der Waals surface area (Å²) < 4.78 is 5.57. The predicted octanol–water partition coefficient (Wildman–Crippen LogP) is 2.08. The summed E-state index contributed by atoms with van der Waals surface area (Å²) >= 11 is 1.43. The molecule has 0 spiro atoms. The van der Waals surface area contributed by atoms with Crippen molar-refractivity contribution < 1.29 is 9.53 Å². The van der Waals surface area contributed by atoms with Crippen LogP contribution in [-0.4, -0.2) is 28.5 Å². The lowest BCUT2D eigenvalue weighted by Crippen LogP contribution is -2.15. The highest BCUT2D eigenvalue weighted by molar-refractivity contribution is 7.09. The lowest BCUT2D eigenvalue weighted by Gasteiger charge is -2.12. The topological polar surface area (TPSA) is 90.1 Å².